The normalized spacial score (nSPS) is 11.5. The van der Waals surface area contributed by atoms with Crippen LogP contribution < -0.4 is 9.50 Å². The number of carbonyl (C=O) groups is 1. The van der Waals surface area contributed by atoms with Gasteiger partial charge in [0.1, 0.15) is 22.3 Å². The summed E-state index contributed by atoms with van der Waals surface area (Å²) in [4.78, 5) is 12.5. The first kappa shape index (κ1) is 23.5. The minimum atomic E-state index is -4.14. The molecule has 0 atom stereocenters. The predicted molar refractivity (Wildman–Crippen MR) is 127 cm³/mol. The SMILES string of the molecule is Cc1ccc(S(=O)(=O)Oc2ccc(Cl)cc2/C=C(\C#N)C(=O)Nc2ccc(Br)cc2)cc1. The first-order chi connectivity index (χ1) is 15.2. The van der Waals surface area contributed by atoms with Gasteiger partial charge in [0.2, 0.25) is 0 Å². The first-order valence-electron chi connectivity index (χ1n) is 9.17. The van der Waals surface area contributed by atoms with E-state index in [1.54, 1.807) is 36.4 Å². The van der Waals surface area contributed by atoms with Crippen molar-refractivity contribution < 1.29 is 17.4 Å². The minimum Gasteiger partial charge on any atom is -0.378 e. The molecule has 9 heteroatoms. The molecular weight excluding hydrogens is 516 g/mol. The lowest BCUT2D eigenvalue weighted by Crippen LogP contribution is -2.14. The molecule has 1 amide bonds. The number of aryl methyl sites for hydroxylation is 1. The van der Waals surface area contributed by atoms with Crippen molar-refractivity contribution in [3.63, 3.8) is 0 Å². The molecule has 0 aliphatic heterocycles. The van der Waals surface area contributed by atoms with Crippen molar-refractivity contribution in [1.29, 1.82) is 5.26 Å². The highest BCUT2D eigenvalue weighted by Crippen LogP contribution is 2.28. The Morgan fingerprint density at radius 2 is 1.75 bits per heavy atom. The van der Waals surface area contributed by atoms with Crippen LogP contribution in [-0.4, -0.2) is 14.3 Å². The van der Waals surface area contributed by atoms with E-state index in [4.69, 9.17) is 15.8 Å². The lowest BCUT2D eigenvalue weighted by molar-refractivity contribution is -0.112. The Hall–Kier alpha value is -3.12. The quantitative estimate of drug-likeness (QED) is 0.249. The number of nitrogens with one attached hydrogen (secondary N) is 1. The zero-order chi connectivity index (χ0) is 23.3. The van der Waals surface area contributed by atoms with E-state index >= 15 is 0 Å². The van der Waals surface area contributed by atoms with E-state index in [0.29, 0.717) is 5.69 Å². The zero-order valence-electron chi connectivity index (χ0n) is 16.7. The summed E-state index contributed by atoms with van der Waals surface area (Å²) in [5.74, 6) is -0.735. The molecule has 0 radical (unpaired) electrons. The Bertz CT molecular complexity index is 1330. The number of hydrogen-bond donors (Lipinski definition) is 1. The van der Waals surface area contributed by atoms with Crippen LogP contribution in [0.3, 0.4) is 0 Å². The maximum Gasteiger partial charge on any atom is 0.339 e. The average molecular weight is 532 g/mol. The number of anilines is 1. The molecule has 0 aromatic heterocycles. The second-order valence-electron chi connectivity index (χ2n) is 6.66. The molecule has 1 N–H and O–H groups in total. The fourth-order valence-electron chi connectivity index (χ4n) is 2.61. The topological polar surface area (TPSA) is 96.3 Å². The molecule has 0 saturated heterocycles. The monoisotopic (exact) mass is 530 g/mol. The van der Waals surface area contributed by atoms with Crippen molar-refractivity contribution >= 4 is 55.3 Å². The van der Waals surface area contributed by atoms with Gasteiger partial charge in [0.05, 0.1) is 0 Å². The highest BCUT2D eigenvalue weighted by molar-refractivity contribution is 9.10. The molecule has 3 aromatic rings. The van der Waals surface area contributed by atoms with Gasteiger partial charge < -0.3 is 9.50 Å². The molecule has 3 aromatic carbocycles. The van der Waals surface area contributed by atoms with Crippen molar-refractivity contribution in [3.05, 3.63) is 92.9 Å². The Morgan fingerprint density at radius 3 is 2.38 bits per heavy atom. The van der Waals surface area contributed by atoms with E-state index < -0.39 is 16.0 Å². The van der Waals surface area contributed by atoms with Crippen molar-refractivity contribution in [2.75, 3.05) is 5.32 Å². The molecule has 0 aliphatic carbocycles. The number of hydrogen-bond acceptors (Lipinski definition) is 5. The van der Waals surface area contributed by atoms with Crippen LogP contribution in [-0.2, 0) is 14.9 Å². The van der Waals surface area contributed by atoms with Crippen LogP contribution in [0, 0.1) is 18.3 Å². The number of benzene rings is 3. The molecule has 0 aliphatic rings. The summed E-state index contributed by atoms with van der Waals surface area (Å²) >= 11 is 9.36. The number of amides is 1. The van der Waals surface area contributed by atoms with Gasteiger partial charge in [-0.3, -0.25) is 4.79 Å². The molecule has 0 spiro atoms. The molecule has 32 heavy (non-hydrogen) atoms. The fraction of sp³-hybridized carbons (Fsp3) is 0.0435. The van der Waals surface area contributed by atoms with Crippen molar-refractivity contribution in [1.82, 2.24) is 0 Å². The summed E-state index contributed by atoms with van der Waals surface area (Å²) in [6.07, 6.45) is 1.22. The third-order valence-corrected chi connectivity index (χ3v) is 6.26. The van der Waals surface area contributed by atoms with Gasteiger partial charge in [-0.2, -0.15) is 13.7 Å². The van der Waals surface area contributed by atoms with Crippen LogP contribution in [0.2, 0.25) is 5.02 Å². The molecule has 0 heterocycles. The van der Waals surface area contributed by atoms with Gasteiger partial charge in [0.25, 0.3) is 5.91 Å². The third-order valence-electron chi connectivity index (χ3n) is 4.25. The van der Waals surface area contributed by atoms with E-state index in [0.717, 1.165) is 10.0 Å². The number of nitrogens with zero attached hydrogens (tertiary/aromatic N) is 1. The van der Waals surface area contributed by atoms with Gasteiger partial charge in [0.15, 0.2) is 0 Å². The van der Waals surface area contributed by atoms with E-state index in [-0.39, 0.29) is 26.8 Å². The average Bonchev–Trinajstić information content (AvgIpc) is 2.75. The molecular formula is C23H16BrClN2O4S. The van der Waals surface area contributed by atoms with Gasteiger partial charge in [-0.15, -0.1) is 0 Å². The van der Waals surface area contributed by atoms with E-state index in [9.17, 15) is 18.5 Å². The van der Waals surface area contributed by atoms with Gasteiger partial charge in [-0.25, -0.2) is 0 Å². The summed E-state index contributed by atoms with van der Waals surface area (Å²) < 4.78 is 31.5. The second-order valence-corrected chi connectivity index (χ2v) is 9.56. The number of carbonyl (C=O) groups excluding carboxylic acids is 1. The maximum absolute atomic E-state index is 12.7. The van der Waals surface area contributed by atoms with Crippen molar-refractivity contribution in [2.45, 2.75) is 11.8 Å². The largest absolute Gasteiger partial charge is 0.378 e. The number of halogens is 2. The van der Waals surface area contributed by atoms with E-state index in [1.807, 2.05) is 13.0 Å². The summed E-state index contributed by atoms with van der Waals surface area (Å²) in [6, 6.07) is 19.0. The van der Waals surface area contributed by atoms with Crippen molar-refractivity contribution in [2.24, 2.45) is 0 Å². The summed E-state index contributed by atoms with van der Waals surface area (Å²) in [7, 11) is -4.14. The second kappa shape index (κ2) is 10.0. The molecule has 162 valence electrons. The molecule has 0 bridgehead atoms. The molecule has 6 nitrogen and oxygen atoms in total. The lowest BCUT2D eigenvalue weighted by Gasteiger charge is -2.11. The minimum absolute atomic E-state index is 0.0264. The Labute approximate surface area is 199 Å². The van der Waals surface area contributed by atoms with Gasteiger partial charge in [-0.1, -0.05) is 45.2 Å². The summed E-state index contributed by atoms with van der Waals surface area (Å²) in [5, 5.41) is 12.4. The first-order valence-corrected chi connectivity index (χ1v) is 11.8. The zero-order valence-corrected chi connectivity index (χ0v) is 19.8. The third kappa shape index (κ3) is 5.98. The van der Waals surface area contributed by atoms with Crippen LogP contribution in [0.25, 0.3) is 6.08 Å². The van der Waals surface area contributed by atoms with Crippen LogP contribution in [0.4, 0.5) is 5.69 Å². The molecule has 0 saturated carbocycles. The number of rotatable bonds is 6. The predicted octanol–water partition coefficient (Wildman–Crippen LogP) is 5.72. The van der Waals surface area contributed by atoms with Crippen LogP contribution in [0.1, 0.15) is 11.1 Å². The summed E-state index contributed by atoms with van der Waals surface area (Å²) in [5.41, 5.74) is 1.29. The van der Waals surface area contributed by atoms with Gasteiger partial charge >= 0.3 is 10.1 Å². The Morgan fingerprint density at radius 1 is 1.09 bits per heavy atom. The Kier molecular flexibility index (Phi) is 7.36. The molecule has 0 unspecified atom stereocenters. The molecule has 3 rings (SSSR count). The highest BCUT2D eigenvalue weighted by Gasteiger charge is 2.19. The Balaban J connectivity index is 1.93. The standard InChI is InChI=1S/C23H16BrClN2O4S/c1-15-2-9-21(10-3-15)32(29,30)31-22-11-6-19(25)13-16(22)12-17(14-26)23(28)27-20-7-4-18(24)5-8-20/h2-13H,1H3,(H,27,28)/b17-12+. The lowest BCUT2D eigenvalue weighted by atomic mass is 10.1. The van der Waals surface area contributed by atoms with Crippen LogP contribution in [0.5, 0.6) is 5.75 Å². The van der Waals surface area contributed by atoms with E-state index in [1.165, 1.54) is 36.4 Å². The van der Waals surface area contributed by atoms with E-state index in [2.05, 4.69) is 21.2 Å². The summed E-state index contributed by atoms with van der Waals surface area (Å²) in [6.45, 7) is 1.84. The van der Waals surface area contributed by atoms with Gasteiger partial charge in [0, 0.05) is 20.7 Å². The van der Waals surface area contributed by atoms with Crippen LogP contribution >= 0.6 is 27.5 Å². The van der Waals surface area contributed by atoms with Crippen LogP contribution in [0.15, 0.2) is 81.7 Å². The number of nitriles is 1. The smallest absolute Gasteiger partial charge is 0.339 e. The molecule has 0 fully saturated rings. The van der Waals surface area contributed by atoms with Crippen molar-refractivity contribution in [3.8, 4) is 11.8 Å². The maximum atomic E-state index is 12.7. The fourth-order valence-corrected chi connectivity index (χ4v) is 4.01. The van der Waals surface area contributed by atoms with Gasteiger partial charge in [-0.05, 0) is 67.6 Å². The highest BCUT2D eigenvalue weighted by atomic mass is 79.9.